The van der Waals surface area contributed by atoms with Crippen LogP contribution in [0.15, 0.2) is 12.2 Å². The zero-order valence-electron chi connectivity index (χ0n) is 35.7. The van der Waals surface area contributed by atoms with E-state index in [1.165, 1.54) is 161 Å². The summed E-state index contributed by atoms with van der Waals surface area (Å²) in [5.74, 6) is -0.174. The van der Waals surface area contributed by atoms with Crippen molar-refractivity contribution in [3.8, 4) is 0 Å². The molecule has 1 fully saturated rings. The normalized spacial score (nSPS) is 21.3. The Hall–Kier alpha value is -1.07. The van der Waals surface area contributed by atoms with Crippen LogP contribution in [0.1, 0.15) is 219 Å². The Morgan fingerprint density at radius 3 is 1.42 bits per heavy atom. The highest BCUT2D eigenvalue weighted by atomic mass is 16.7. The molecular weight excluding hydrogens is 695 g/mol. The Labute approximate surface area is 337 Å². The maximum absolute atomic E-state index is 12.9. The van der Waals surface area contributed by atoms with Gasteiger partial charge in [0.05, 0.1) is 25.4 Å². The van der Waals surface area contributed by atoms with Crippen molar-refractivity contribution in [2.45, 2.75) is 262 Å². The molecule has 9 heteroatoms. The van der Waals surface area contributed by atoms with Crippen LogP contribution in [0, 0.1) is 0 Å². The molecule has 0 spiro atoms. The predicted molar refractivity (Wildman–Crippen MR) is 226 cm³/mol. The topological polar surface area (TPSA) is 149 Å². The molecule has 7 atom stereocenters. The second-order valence-corrected chi connectivity index (χ2v) is 16.6. The fourth-order valence-electron chi connectivity index (χ4n) is 7.57. The van der Waals surface area contributed by atoms with Gasteiger partial charge in [0.2, 0.25) is 5.91 Å². The predicted octanol–water partition coefficient (Wildman–Crippen LogP) is 9.73. The van der Waals surface area contributed by atoms with Crippen LogP contribution in [0.5, 0.6) is 0 Å². The summed E-state index contributed by atoms with van der Waals surface area (Å²) in [5, 5.41) is 54.2. The van der Waals surface area contributed by atoms with Gasteiger partial charge in [-0.2, -0.15) is 0 Å². The zero-order valence-corrected chi connectivity index (χ0v) is 35.7. The van der Waals surface area contributed by atoms with Crippen LogP contribution >= 0.6 is 0 Å². The number of aliphatic hydroxyl groups excluding tert-OH is 5. The average molecular weight is 784 g/mol. The summed E-state index contributed by atoms with van der Waals surface area (Å²) in [6.07, 6.45) is 35.3. The molecule has 1 saturated heterocycles. The van der Waals surface area contributed by atoms with Crippen LogP contribution in [0.25, 0.3) is 0 Å². The number of ether oxygens (including phenoxy) is 2. The molecule has 55 heavy (non-hydrogen) atoms. The van der Waals surface area contributed by atoms with Gasteiger partial charge in [0.15, 0.2) is 6.29 Å². The monoisotopic (exact) mass is 784 g/mol. The van der Waals surface area contributed by atoms with E-state index < -0.39 is 49.5 Å². The highest BCUT2D eigenvalue weighted by Crippen LogP contribution is 2.23. The summed E-state index contributed by atoms with van der Waals surface area (Å²) in [4.78, 5) is 12.9. The lowest BCUT2D eigenvalue weighted by Gasteiger charge is -2.40. The maximum Gasteiger partial charge on any atom is 0.220 e. The summed E-state index contributed by atoms with van der Waals surface area (Å²) >= 11 is 0. The quantitative estimate of drug-likeness (QED) is 0.0267. The number of rotatable bonds is 39. The van der Waals surface area contributed by atoms with Crippen molar-refractivity contribution in [2.24, 2.45) is 0 Å². The van der Waals surface area contributed by atoms with Gasteiger partial charge in [-0.15, -0.1) is 0 Å². The minimum absolute atomic E-state index is 0.174. The summed E-state index contributed by atoms with van der Waals surface area (Å²) in [5.41, 5.74) is 0. The van der Waals surface area contributed by atoms with Crippen molar-refractivity contribution in [3.63, 3.8) is 0 Å². The van der Waals surface area contributed by atoms with Crippen molar-refractivity contribution in [2.75, 3.05) is 13.2 Å². The highest BCUT2D eigenvalue weighted by Gasteiger charge is 2.44. The van der Waals surface area contributed by atoms with E-state index in [9.17, 15) is 30.3 Å². The molecule has 1 heterocycles. The van der Waals surface area contributed by atoms with E-state index in [2.05, 4.69) is 19.2 Å². The van der Waals surface area contributed by atoms with Crippen LogP contribution in [0.2, 0.25) is 0 Å². The number of aliphatic hydroxyl groups is 5. The van der Waals surface area contributed by atoms with Gasteiger partial charge < -0.3 is 40.3 Å². The zero-order chi connectivity index (χ0) is 40.2. The van der Waals surface area contributed by atoms with Gasteiger partial charge in [-0.1, -0.05) is 206 Å². The highest BCUT2D eigenvalue weighted by molar-refractivity contribution is 5.76. The summed E-state index contributed by atoms with van der Waals surface area (Å²) < 4.78 is 11.2. The van der Waals surface area contributed by atoms with Gasteiger partial charge in [-0.05, 0) is 19.3 Å². The minimum atomic E-state index is -1.56. The minimum Gasteiger partial charge on any atom is -0.394 e. The van der Waals surface area contributed by atoms with Gasteiger partial charge in [0, 0.05) is 6.42 Å². The molecule has 0 aromatic carbocycles. The fourth-order valence-corrected chi connectivity index (χ4v) is 7.57. The van der Waals surface area contributed by atoms with E-state index in [-0.39, 0.29) is 12.5 Å². The molecule has 0 saturated carbocycles. The largest absolute Gasteiger partial charge is 0.394 e. The van der Waals surface area contributed by atoms with Crippen molar-refractivity contribution < 1.29 is 39.8 Å². The summed E-state index contributed by atoms with van der Waals surface area (Å²) in [6, 6.07) is -0.798. The molecule has 1 aliphatic heterocycles. The fraction of sp³-hybridized carbons (Fsp3) is 0.935. The lowest BCUT2D eigenvalue weighted by atomic mass is 9.99. The summed E-state index contributed by atoms with van der Waals surface area (Å²) in [6.45, 7) is 3.79. The number of hydrogen-bond donors (Lipinski definition) is 6. The van der Waals surface area contributed by atoms with Crippen LogP contribution in [-0.4, -0.2) is 87.5 Å². The lowest BCUT2D eigenvalue weighted by molar-refractivity contribution is -0.302. The molecule has 1 rings (SSSR count). The molecule has 0 aromatic rings. The van der Waals surface area contributed by atoms with Crippen LogP contribution < -0.4 is 5.32 Å². The third-order valence-electron chi connectivity index (χ3n) is 11.4. The Kier molecular flexibility index (Phi) is 35.2. The SMILES string of the molecule is CCCCCCCCCCCCCCCCC/C=C/[C@@H](O)[C@H](CO[C@@H]1O[C@H](CO)[C@@H](O)[C@H](O)[C@H]1O)NC(=O)CCCCCCCCCCCCCCCCC. The molecular formula is C46H89NO8. The standard InChI is InChI=1S/C46H89NO8/c1-3-5-7-9-11-13-15-17-19-20-22-23-25-27-29-31-33-35-40(49)39(38-54-46-45(53)44(52)43(51)41(37-48)55-46)47-42(50)36-34-32-30-28-26-24-21-18-16-14-12-10-8-6-4-2/h33,35,39-41,43-46,48-49,51-53H,3-32,34,36-38H2,1-2H3,(H,47,50)/b35-33+/t39-,40+,41+,43+,44-,45+,46+/m0/s1. The van der Waals surface area contributed by atoms with Crippen LogP contribution in [-0.2, 0) is 14.3 Å². The first-order chi connectivity index (χ1) is 26.8. The first kappa shape index (κ1) is 51.9. The van der Waals surface area contributed by atoms with E-state index in [1.807, 2.05) is 6.08 Å². The number of hydrogen-bond acceptors (Lipinski definition) is 8. The van der Waals surface area contributed by atoms with Crippen molar-refractivity contribution >= 4 is 5.91 Å². The molecule has 0 aromatic heterocycles. The Morgan fingerprint density at radius 1 is 0.600 bits per heavy atom. The molecule has 0 radical (unpaired) electrons. The summed E-state index contributed by atoms with van der Waals surface area (Å²) in [7, 11) is 0. The second-order valence-electron chi connectivity index (χ2n) is 16.6. The second kappa shape index (κ2) is 37.2. The number of allylic oxidation sites excluding steroid dienone is 1. The molecule has 0 bridgehead atoms. The number of amides is 1. The first-order valence-electron chi connectivity index (χ1n) is 23.4. The van der Waals surface area contributed by atoms with E-state index >= 15 is 0 Å². The Morgan fingerprint density at radius 2 is 1.00 bits per heavy atom. The molecule has 9 nitrogen and oxygen atoms in total. The molecule has 1 amide bonds. The van der Waals surface area contributed by atoms with Crippen molar-refractivity contribution in [1.82, 2.24) is 5.32 Å². The molecule has 0 aliphatic carbocycles. The van der Waals surface area contributed by atoms with Gasteiger partial charge in [0.1, 0.15) is 24.4 Å². The number of unbranched alkanes of at least 4 members (excludes halogenated alkanes) is 29. The lowest BCUT2D eigenvalue weighted by Crippen LogP contribution is -2.60. The molecule has 326 valence electrons. The van der Waals surface area contributed by atoms with Gasteiger partial charge >= 0.3 is 0 Å². The number of carbonyl (C=O) groups excluding carboxylic acids is 1. The van der Waals surface area contributed by atoms with Crippen molar-refractivity contribution in [1.29, 1.82) is 0 Å². The smallest absolute Gasteiger partial charge is 0.220 e. The third kappa shape index (κ3) is 28.1. The molecule has 6 N–H and O–H groups in total. The van der Waals surface area contributed by atoms with E-state index in [0.717, 1.165) is 38.5 Å². The number of carbonyl (C=O) groups is 1. The average Bonchev–Trinajstić information content (AvgIpc) is 3.18. The Balaban J connectivity index is 2.35. The molecule has 0 unspecified atom stereocenters. The van der Waals surface area contributed by atoms with Crippen molar-refractivity contribution in [3.05, 3.63) is 12.2 Å². The number of nitrogens with one attached hydrogen (secondary N) is 1. The van der Waals surface area contributed by atoms with Gasteiger partial charge in [-0.25, -0.2) is 0 Å². The third-order valence-corrected chi connectivity index (χ3v) is 11.4. The van der Waals surface area contributed by atoms with E-state index in [0.29, 0.717) is 6.42 Å². The van der Waals surface area contributed by atoms with E-state index in [4.69, 9.17) is 9.47 Å². The maximum atomic E-state index is 12.9. The Bertz CT molecular complexity index is 873. The first-order valence-corrected chi connectivity index (χ1v) is 23.4. The van der Waals surface area contributed by atoms with Crippen LogP contribution in [0.3, 0.4) is 0 Å². The van der Waals surface area contributed by atoms with Crippen LogP contribution in [0.4, 0.5) is 0 Å². The van der Waals surface area contributed by atoms with Gasteiger partial charge in [-0.3, -0.25) is 4.79 Å². The van der Waals surface area contributed by atoms with E-state index in [1.54, 1.807) is 6.08 Å². The molecule has 1 aliphatic rings. The van der Waals surface area contributed by atoms with Gasteiger partial charge in [0.25, 0.3) is 0 Å².